The molecule has 0 spiro atoms. The summed E-state index contributed by atoms with van der Waals surface area (Å²) < 4.78 is 0. The zero-order valence-electron chi connectivity index (χ0n) is 35.7. The summed E-state index contributed by atoms with van der Waals surface area (Å²) in [5.41, 5.74) is 16.9. The average molecular weight is 832 g/mol. The SMILES string of the molecule is Cc1cc(N(c2ccc(-c3ccccc3)cc2)c2ccc3c(c2)C(c2ccccc2)(c2ccccc2)c2ccccc2-3)cc([Si]2(c3ccccc3)c3ccccc3-c3ccccc32)c1. The van der Waals surface area contributed by atoms with Gasteiger partial charge in [0, 0.05) is 17.1 Å². The minimum atomic E-state index is -2.79. The molecule has 1 aliphatic carbocycles. The summed E-state index contributed by atoms with van der Waals surface area (Å²) in [7, 11) is -2.79. The third-order valence-electron chi connectivity index (χ3n) is 13.8. The summed E-state index contributed by atoms with van der Waals surface area (Å²) >= 11 is 0. The number of fused-ring (bicyclic) bond motifs is 6. The fourth-order valence-corrected chi connectivity index (χ4v) is 16.6. The van der Waals surface area contributed by atoms with Crippen LogP contribution in [0.3, 0.4) is 0 Å². The summed E-state index contributed by atoms with van der Waals surface area (Å²) in [6.07, 6.45) is 0. The van der Waals surface area contributed by atoms with Crippen molar-refractivity contribution in [1.29, 1.82) is 0 Å². The van der Waals surface area contributed by atoms with Gasteiger partial charge in [-0.2, -0.15) is 0 Å². The van der Waals surface area contributed by atoms with Crippen molar-refractivity contribution in [1.82, 2.24) is 0 Å². The molecule has 0 aromatic heterocycles. The number of benzene rings is 10. The van der Waals surface area contributed by atoms with Gasteiger partial charge in [-0.3, -0.25) is 0 Å². The fourth-order valence-electron chi connectivity index (χ4n) is 11.3. The van der Waals surface area contributed by atoms with Crippen LogP contribution in [0.25, 0.3) is 33.4 Å². The monoisotopic (exact) mass is 831 g/mol. The smallest absolute Gasteiger partial charge is 0.180 e. The maximum Gasteiger partial charge on any atom is 0.180 e. The van der Waals surface area contributed by atoms with Crippen molar-refractivity contribution in [2.24, 2.45) is 0 Å². The lowest BCUT2D eigenvalue weighted by atomic mass is 9.67. The second kappa shape index (κ2) is 15.2. The Morgan fingerprint density at radius 3 is 1.44 bits per heavy atom. The predicted octanol–water partition coefficient (Wildman–Crippen LogP) is 12.9. The second-order valence-corrected chi connectivity index (χ2v) is 21.0. The normalized spacial score (nSPS) is 13.6. The number of hydrogen-bond acceptors (Lipinski definition) is 1. The maximum absolute atomic E-state index is 2.79. The van der Waals surface area contributed by atoms with E-state index >= 15 is 0 Å². The van der Waals surface area contributed by atoms with Gasteiger partial charge in [0.15, 0.2) is 8.07 Å². The van der Waals surface area contributed by atoms with E-state index in [0.717, 1.165) is 17.1 Å². The molecule has 0 saturated carbocycles. The molecular formula is C62H45NSi. The number of hydrogen-bond donors (Lipinski definition) is 0. The predicted molar refractivity (Wildman–Crippen MR) is 271 cm³/mol. The first kappa shape index (κ1) is 37.9. The first-order valence-electron chi connectivity index (χ1n) is 22.3. The number of rotatable bonds is 8. The van der Waals surface area contributed by atoms with Crippen LogP contribution < -0.4 is 25.6 Å². The molecule has 1 nitrogen and oxygen atoms in total. The highest BCUT2D eigenvalue weighted by atomic mass is 28.3. The first-order chi connectivity index (χ1) is 31.7. The molecule has 0 bridgehead atoms. The quantitative estimate of drug-likeness (QED) is 0.138. The molecule has 0 unspecified atom stereocenters. The highest BCUT2D eigenvalue weighted by Gasteiger charge is 2.49. The Morgan fingerprint density at radius 1 is 0.328 bits per heavy atom. The maximum atomic E-state index is 2.53. The van der Waals surface area contributed by atoms with Gasteiger partial charge in [-0.1, -0.05) is 218 Å². The molecule has 0 N–H and O–H groups in total. The van der Waals surface area contributed by atoms with E-state index in [4.69, 9.17) is 0 Å². The summed E-state index contributed by atoms with van der Waals surface area (Å²) in [4.78, 5) is 2.51. The number of aryl methyl sites for hydroxylation is 1. The van der Waals surface area contributed by atoms with E-state index in [1.807, 2.05) is 0 Å². The van der Waals surface area contributed by atoms with Crippen molar-refractivity contribution >= 4 is 45.9 Å². The average Bonchev–Trinajstić information content (AvgIpc) is 3.84. The molecule has 0 radical (unpaired) electrons. The van der Waals surface area contributed by atoms with Crippen LogP contribution in [0.1, 0.15) is 27.8 Å². The minimum Gasteiger partial charge on any atom is -0.310 e. The molecule has 0 amide bonds. The third-order valence-corrected chi connectivity index (χ3v) is 18.7. The van der Waals surface area contributed by atoms with E-state index in [2.05, 4.69) is 267 Å². The minimum absolute atomic E-state index is 0.521. The zero-order valence-corrected chi connectivity index (χ0v) is 36.7. The van der Waals surface area contributed by atoms with Crippen molar-refractivity contribution in [3.8, 4) is 33.4 Å². The molecule has 10 aromatic carbocycles. The summed E-state index contributed by atoms with van der Waals surface area (Å²) in [5, 5.41) is 5.68. The van der Waals surface area contributed by atoms with Gasteiger partial charge < -0.3 is 4.90 Å². The molecule has 302 valence electrons. The highest BCUT2D eigenvalue weighted by molar-refractivity contribution is 7.22. The van der Waals surface area contributed by atoms with E-state index in [9.17, 15) is 0 Å². The van der Waals surface area contributed by atoms with Gasteiger partial charge in [0.05, 0.1) is 5.41 Å². The van der Waals surface area contributed by atoms with Gasteiger partial charge in [-0.05, 0) is 125 Å². The molecule has 0 atom stereocenters. The van der Waals surface area contributed by atoms with Crippen molar-refractivity contribution in [2.75, 3.05) is 4.90 Å². The number of nitrogens with zero attached hydrogens (tertiary/aromatic N) is 1. The molecule has 2 heteroatoms. The Bertz CT molecular complexity index is 3240. The molecule has 12 rings (SSSR count). The summed E-state index contributed by atoms with van der Waals surface area (Å²) in [6.45, 7) is 2.28. The molecular weight excluding hydrogens is 787 g/mol. The fraction of sp³-hybridized carbons (Fsp3) is 0.0323. The van der Waals surface area contributed by atoms with Crippen molar-refractivity contribution in [3.63, 3.8) is 0 Å². The second-order valence-electron chi connectivity index (χ2n) is 17.3. The Hall–Kier alpha value is -7.78. The molecule has 64 heavy (non-hydrogen) atoms. The lowest BCUT2D eigenvalue weighted by Crippen LogP contribution is -2.72. The first-order valence-corrected chi connectivity index (χ1v) is 24.3. The molecule has 10 aromatic rings. The van der Waals surface area contributed by atoms with Crippen LogP contribution in [0.15, 0.2) is 255 Å². The largest absolute Gasteiger partial charge is 0.310 e. The Balaban J connectivity index is 1.13. The number of anilines is 3. The standard InChI is InChI=1S/C62H45NSi/c1-44-40-51(42-53(41-44)64(52-26-12-5-13-27-52)60-32-18-15-29-56(60)57-30-16-19-33-61(57)64)63(49-36-34-46(35-37-49)45-20-6-2-7-21-45)50-38-39-55-54-28-14-17-31-58(54)62(59(55)43-50,47-22-8-3-9-23-47)48-24-10-4-11-25-48/h2-43H,1H3. The Labute approximate surface area is 377 Å². The molecule has 1 heterocycles. The van der Waals surface area contributed by atoms with Crippen molar-refractivity contribution in [3.05, 3.63) is 283 Å². The lowest BCUT2D eigenvalue weighted by Gasteiger charge is -2.35. The summed E-state index contributed by atoms with van der Waals surface area (Å²) in [5.74, 6) is 0. The van der Waals surface area contributed by atoms with Crippen LogP contribution in [-0.2, 0) is 5.41 Å². The Kier molecular flexibility index (Phi) is 9.03. The van der Waals surface area contributed by atoms with Gasteiger partial charge >= 0.3 is 0 Å². The van der Waals surface area contributed by atoms with Crippen LogP contribution >= 0.6 is 0 Å². The summed E-state index contributed by atoms with van der Waals surface area (Å²) in [6, 6.07) is 95.4. The van der Waals surface area contributed by atoms with Gasteiger partial charge in [-0.25, -0.2) is 0 Å². The molecule has 1 aliphatic heterocycles. The van der Waals surface area contributed by atoms with E-state index < -0.39 is 13.5 Å². The molecule has 0 fully saturated rings. The van der Waals surface area contributed by atoms with E-state index in [1.54, 1.807) is 0 Å². The van der Waals surface area contributed by atoms with Crippen LogP contribution in [0.4, 0.5) is 17.1 Å². The third kappa shape index (κ3) is 5.69. The van der Waals surface area contributed by atoms with E-state index in [-0.39, 0.29) is 0 Å². The topological polar surface area (TPSA) is 3.24 Å². The van der Waals surface area contributed by atoms with Gasteiger partial charge in [0.25, 0.3) is 0 Å². The van der Waals surface area contributed by atoms with Crippen LogP contribution in [0.2, 0.25) is 0 Å². The molecule has 0 saturated heterocycles. The lowest BCUT2D eigenvalue weighted by molar-refractivity contribution is 0.768. The van der Waals surface area contributed by atoms with Gasteiger partial charge in [0.1, 0.15) is 0 Å². The Morgan fingerprint density at radius 2 is 0.812 bits per heavy atom. The van der Waals surface area contributed by atoms with Gasteiger partial charge in [-0.15, -0.1) is 0 Å². The van der Waals surface area contributed by atoms with E-state index in [1.165, 1.54) is 81.9 Å². The highest BCUT2D eigenvalue weighted by Crippen LogP contribution is 2.57. The van der Waals surface area contributed by atoms with E-state index in [0.29, 0.717) is 0 Å². The van der Waals surface area contributed by atoms with Crippen LogP contribution in [-0.4, -0.2) is 8.07 Å². The van der Waals surface area contributed by atoms with Crippen molar-refractivity contribution < 1.29 is 0 Å². The van der Waals surface area contributed by atoms with Crippen LogP contribution in [0.5, 0.6) is 0 Å². The zero-order chi connectivity index (χ0) is 42.7. The van der Waals surface area contributed by atoms with Gasteiger partial charge in [0.2, 0.25) is 0 Å². The van der Waals surface area contributed by atoms with Crippen molar-refractivity contribution in [2.45, 2.75) is 12.3 Å². The van der Waals surface area contributed by atoms with Crippen LogP contribution in [0, 0.1) is 6.92 Å². The molecule has 2 aliphatic rings.